The van der Waals surface area contributed by atoms with Crippen molar-refractivity contribution in [3.8, 4) is 0 Å². The first-order valence-electron chi connectivity index (χ1n) is 5.86. The summed E-state index contributed by atoms with van der Waals surface area (Å²) < 4.78 is 41.2. The van der Waals surface area contributed by atoms with Gasteiger partial charge < -0.3 is 9.84 Å². The molecule has 1 N–H and O–H groups in total. The minimum atomic E-state index is -4.51. The van der Waals surface area contributed by atoms with Crippen LogP contribution in [0.2, 0.25) is 0 Å². The summed E-state index contributed by atoms with van der Waals surface area (Å²) in [4.78, 5) is 0. The Labute approximate surface area is 104 Å². The molecule has 1 aromatic carbocycles. The van der Waals surface area contributed by atoms with Gasteiger partial charge in [-0.2, -0.15) is 13.2 Å². The van der Waals surface area contributed by atoms with Gasteiger partial charge in [0.2, 0.25) is 0 Å². The molecule has 0 aliphatic heterocycles. The molecule has 1 rings (SSSR count). The maximum atomic E-state index is 12.0. The molecule has 0 aromatic heterocycles. The number of unbranched alkanes of at least 4 members (excludes halogenated alkanes) is 1. The lowest BCUT2D eigenvalue weighted by atomic mass is 10.1. The lowest BCUT2D eigenvalue weighted by Crippen LogP contribution is -2.28. The van der Waals surface area contributed by atoms with Crippen LogP contribution < -0.4 is 0 Å². The molecule has 0 heterocycles. The molecule has 0 bridgehead atoms. The third-order valence-electron chi connectivity index (χ3n) is 2.51. The zero-order valence-electron chi connectivity index (χ0n) is 9.99. The van der Waals surface area contributed by atoms with Crippen molar-refractivity contribution in [1.82, 2.24) is 0 Å². The first-order valence-corrected chi connectivity index (χ1v) is 5.86. The van der Waals surface area contributed by atoms with E-state index in [9.17, 15) is 13.2 Å². The van der Waals surface area contributed by atoms with E-state index in [0.717, 1.165) is 5.56 Å². The fraction of sp³-hybridized carbons (Fsp3) is 0.538. The molecule has 0 saturated heterocycles. The minimum absolute atomic E-state index is 0.266. The van der Waals surface area contributed by atoms with Crippen molar-refractivity contribution < 1.29 is 23.0 Å². The molecule has 1 aromatic rings. The van der Waals surface area contributed by atoms with Crippen molar-refractivity contribution >= 4 is 0 Å². The van der Waals surface area contributed by atoms with Crippen LogP contribution in [0, 0.1) is 0 Å². The lowest BCUT2D eigenvalue weighted by Gasteiger charge is -2.13. The van der Waals surface area contributed by atoms with E-state index in [1.54, 1.807) is 0 Å². The number of hydrogen-bond acceptors (Lipinski definition) is 2. The molecule has 1 atom stereocenters. The Bertz CT molecular complexity index is 325. The van der Waals surface area contributed by atoms with E-state index in [2.05, 4.69) is 0 Å². The molecule has 2 nitrogen and oxygen atoms in total. The van der Waals surface area contributed by atoms with Crippen LogP contribution in [0.5, 0.6) is 0 Å². The number of benzene rings is 1. The van der Waals surface area contributed by atoms with Crippen LogP contribution in [0.15, 0.2) is 30.3 Å². The van der Waals surface area contributed by atoms with Crippen LogP contribution in [-0.2, 0) is 11.3 Å². The molecule has 0 saturated carbocycles. The molecule has 0 aliphatic carbocycles. The Hall–Kier alpha value is -1.07. The average Bonchev–Trinajstić information content (AvgIpc) is 2.33. The number of halogens is 3. The second-order valence-electron chi connectivity index (χ2n) is 4.09. The van der Waals surface area contributed by atoms with Gasteiger partial charge in [0, 0.05) is 6.61 Å². The summed E-state index contributed by atoms with van der Waals surface area (Å²) in [5.41, 5.74) is 1.04. The number of aliphatic hydroxyl groups is 1. The third kappa shape index (κ3) is 6.02. The quantitative estimate of drug-likeness (QED) is 0.764. The fourth-order valence-corrected chi connectivity index (χ4v) is 1.47. The first kappa shape index (κ1) is 15.0. The van der Waals surface area contributed by atoms with Gasteiger partial charge in [0.05, 0.1) is 6.61 Å². The Morgan fingerprint density at radius 3 is 2.39 bits per heavy atom. The maximum Gasteiger partial charge on any atom is 0.414 e. The van der Waals surface area contributed by atoms with Gasteiger partial charge in [-0.05, 0) is 24.8 Å². The van der Waals surface area contributed by atoms with E-state index < -0.39 is 12.3 Å². The molecule has 0 amide bonds. The molecule has 0 radical (unpaired) electrons. The molecule has 102 valence electrons. The minimum Gasteiger partial charge on any atom is -0.384 e. The van der Waals surface area contributed by atoms with Crippen molar-refractivity contribution in [2.24, 2.45) is 0 Å². The van der Waals surface area contributed by atoms with Crippen molar-refractivity contribution in [2.75, 3.05) is 6.61 Å². The van der Waals surface area contributed by atoms with Gasteiger partial charge in [-0.1, -0.05) is 30.3 Å². The van der Waals surface area contributed by atoms with E-state index in [1.807, 2.05) is 30.3 Å². The van der Waals surface area contributed by atoms with E-state index in [4.69, 9.17) is 9.84 Å². The highest BCUT2D eigenvalue weighted by Crippen LogP contribution is 2.23. The highest BCUT2D eigenvalue weighted by molar-refractivity contribution is 5.13. The van der Waals surface area contributed by atoms with Crippen molar-refractivity contribution in [3.05, 3.63) is 35.9 Å². The smallest absolute Gasteiger partial charge is 0.384 e. The molecule has 0 aliphatic rings. The van der Waals surface area contributed by atoms with E-state index in [0.29, 0.717) is 26.1 Å². The summed E-state index contributed by atoms with van der Waals surface area (Å²) in [6, 6.07) is 9.56. The SMILES string of the molecule is O[C@@H](CCCCOCc1ccccc1)C(F)(F)F. The summed E-state index contributed by atoms with van der Waals surface area (Å²) >= 11 is 0. The van der Waals surface area contributed by atoms with Crippen LogP contribution in [0.1, 0.15) is 24.8 Å². The van der Waals surface area contributed by atoms with Crippen LogP contribution in [0.25, 0.3) is 0 Å². The van der Waals surface area contributed by atoms with Gasteiger partial charge in [0.1, 0.15) is 6.10 Å². The number of hydrogen-bond donors (Lipinski definition) is 1. The molecular formula is C13H17F3O2. The Balaban J connectivity index is 2.03. The van der Waals surface area contributed by atoms with E-state index >= 15 is 0 Å². The molecule has 0 fully saturated rings. The van der Waals surface area contributed by atoms with Gasteiger partial charge in [0.15, 0.2) is 0 Å². The fourth-order valence-electron chi connectivity index (χ4n) is 1.47. The second-order valence-corrected chi connectivity index (χ2v) is 4.09. The van der Waals surface area contributed by atoms with Crippen LogP contribution >= 0.6 is 0 Å². The van der Waals surface area contributed by atoms with Crippen LogP contribution in [0.3, 0.4) is 0 Å². The third-order valence-corrected chi connectivity index (χ3v) is 2.51. The lowest BCUT2D eigenvalue weighted by molar-refractivity contribution is -0.205. The van der Waals surface area contributed by atoms with E-state index in [-0.39, 0.29) is 6.42 Å². The molecule has 5 heteroatoms. The second kappa shape index (κ2) is 7.38. The Morgan fingerprint density at radius 2 is 1.78 bits per heavy atom. The molecule has 0 spiro atoms. The normalized spacial score (nSPS) is 13.6. The summed E-state index contributed by atoms with van der Waals surface area (Å²) in [5.74, 6) is 0. The summed E-state index contributed by atoms with van der Waals surface area (Å²) in [6.07, 6.45) is -6.18. The van der Waals surface area contributed by atoms with Crippen molar-refractivity contribution in [1.29, 1.82) is 0 Å². The Kier molecular flexibility index (Phi) is 6.15. The predicted molar refractivity (Wildman–Crippen MR) is 62.0 cm³/mol. The number of rotatable bonds is 7. The van der Waals surface area contributed by atoms with Gasteiger partial charge in [-0.25, -0.2) is 0 Å². The number of aliphatic hydroxyl groups excluding tert-OH is 1. The van der Waals surface area contributed by atoms with E-state index in [1.165, 1.54) is 0 Å². The topological polar surface area (TPSA) is 29.5 Å². The number of ether oxygens (including phenoxy) is 1. The van der Waals surface area contributed by atoms with Crippen LogP contribution in [-0.4, -0.2) is 24.0 Å². The van der Waals surface area contributed by atoms with Crippen LogP contribution in [0.4, 0.5) is 13.2 Å². The molecular weight excluding hydrogens is 245 g/mol. The number of alkyl halides is 3. The summed E-state index contributed by atoms with van der Waals surface area (Å²) in [5, 5.41) is 8.75. The molecule has 18 heavy (non-hydrogen) atoms. The van der Waals surface area contributed by atoms with Gasteiger partial charge in [-0.15, -0.1) is 0 Å². The van der Waals surface area contributed by atoms with Gasteiger partial charge >= 0.3 is 6.18 Å². The maximum absolute atomic E-state index is 12.0. The average molecular weight is 262 g/mol. The highest BCUT2D eigenvalue weighted by atomic mass is 19.4. The van der Waals surface area contributed by atoms with Gasteiger partial charge in [-0.3, -0.25) is 0 Å². The predicted octanol–water partition coefficient (Wildman–Crippen LogP) is 3.30. The summed E-state index contributed by atoms with van der Waals surface area (Å²) in [7, 11) is 0. The molecule has 0 unspecified atom stereocenters. The summed E-state index contributed by atoms with van der Waals surface area (Å²) in [6.45, 7) is 0.863. The monoisotopic (exact) mass is 262 g/mol. The standard InChI is InChI=1S/C13H17F3O2/c14-13(15,16)12(17)8-4-5-9-18-10-11-6-2-1-3-7-11/h1-3,6-7,12,17H,4-5,8-10H2/t12-/m0/s1. The zero-order valence-corrected chi connectivity index (χ0v) is 9.99. The van der Waals surface area contributed by atoms with Crippen molar-refractivity contribution in [3.63, 3.8) is 0 Å². The first-order chi connectivity index (χ1) is 8.50. The van der Waals surface area contributed by atoms with Gasteiger partial charge in [0.25, 0.3) is 0 Å². The largest absolute Gasteiger partial charge is 0.414 e. The Morgan fingerprint density at radius 1 is 1.11 bits per heavy atom. The highest BCUT2D eigenvalue weighted by Gasteiger charge is 2.37. The van der Waals surface area contributed by atoms with Crippen molar-refractivity contribution in [2.45, 2.75) is 38.1 Å². The zero-order chi connectivity index (χ0) is 13.4.